The first kappa shape index (κ1) is 19.4. The first-order valence-corrected chi connectivity index (χ1v) is 9.72. The zero-order valence-corrected chi connectivity index (χ0v) is 16.9. The molecule has 2 rings (SSSR count). The third-order valence-corrected chi connectivity index (χ3v) is 5.29. The lowest BCUT2D eigenvalue weighted by Gasteiger charge is -2.23. The summed E-state index contributed by atoms with van der Waals surface area (Å²) in [6.07, 6.45) is 1.01. The SMILES string of the molecule is CCN(CC)c1ccc(Cc2ccc(N(CC)CC)cc2C)c(C)c1. The molecule has 25 heavy (non-hydrogen) atoms. The molecule has 0 fully saturated rings. The second-order valence-electron chi connectivity index (χ2n) is 6.74. The summed E-state index contributed by atoms with van der Waals surface area (Å²) >= 11 is 0. The van der Waals surface area contributed by atoms with Crippen molar-refractivity contribution in [2.45, 2.75) is 48.0 Å². The fourth-order valence-corrected chi connectivity index (χ4v) is 3.53. The second-order valence-corrected chi connectivity index (χ2v) is 6.74. The van der Waals surface area contributed by atoms with Gasteiger partial charge in [-0.2, -0.15) is 0 Å². The summed E-state index contributed by atoms with van der Waals surface area (Å²) in [7, 11) is 0. The Morgan fingerprint density at radius 1 is 0.600 bits per heavy atom. The Morgan fingerprint density at radius 2 is 0.960 bits per heavy atom. The van der Waals surface area contributed by atoms with Gasteiger partial charge in [-0.3, -0.25) is 0 Å². The van der Waals surface area contributed by atoms with Crippen LogP contribution >= 0.6 is 0 Å². The van der Waals surface area contributed by atoms with Gasteiger partial charge in [0.1, 0.15) is 0 Å². The van der Waals surface area contributed by atoms with E-state index in [2.05, 4.69) is 87.7 Å². The molecule has 2 nitrogen and oxygen atoms in total. The van der Waals surface area contributed by atoms with Gasteiger partial charge in [-0.1, -0.05) is 12.1 Å². The Morgan fingerprint density at radius 3 is 1.24 bits per heavy atom. The van der Waals surface area contributed by atoms with Crippen molar-refractivity contribution >= 4 is 11.4 Å². The molecule has 2 aromatic carbocycles. The maximum atomic E-state index is 2.40. The fourth-order valence-electron chi connectivity index (χ4n) is 3.53. The van der Waals surface area contributed by atoms with Crippen molar-refractivity contribution in [2.75, 3.05) is 36.0 Å². The van der Waals surface area contributed by atoms with Crippen molar-refractivity contribution in [2.24, 2.45) is 0 Å². The number of anilines is 2. The average molecular weight is 339 g/mol. The molecular formula is C23H34N2. The maximum absolute atomic E-state index is 2.40. The topological polar surface area (TPSA) is 6.48 Å². The van der Waals surface area contributed by atoms with E-state index in [0.29, 0.717) is 0 Å². The molecule has 0 saturated carbocycles. The smallest absolute Gasteiger partial charge is 0.0368 e. The van der Waals surface area contributed by atoms with Crippen LogP contribution in [0.3, 0.4) is 0 Å². The van der Waals surface area contributed by atoms with E-state index in [0.717, 1.165) is 32.6 Å². The molecule has 0 amide bonds. The van der Waals surface area contributed by atoms with Gasteiger partial charge in [0, 0.05) is 37.6 Å². The number of rotatable bonds is 8. The molecule has 2 aromatic rings. The van der Waals surface area contributed by atoms with Gasteiger partial charge in [-0.05, 0) is 94.5 Å². The van der Waals surface area contributed by atoms with Crippen molar-refractivity contribution in [3.05, 3.63) is 58.7 Å². The van der Waals surface area contributed by atoms with Crippen LogP contribution in [0.5, 0.6) is 0 Å². The summed E-state index contributed by atoms with van der Waals surface area (Å²) in [6.45, 7) is 17.6. The molecule has 0 bridgehead atoms. The monoisotopic (exact) mass is 338 g/mol. The Balaban J connectivity index is 2.22. The van der Waals surface area contributed by atoms with Crippen molar-refractivity contribution in [1.29, 1.82) is 0 Å². The zero-order valence-electron chi connectivity index (χ0n) is 16.9. The van der Waals surface area contributed by atoms with E-state index < -0.39 is 0 Å². The lowest BCUT2D eigenvalue weighted by atomic mass is 9.96. The highest BCUT2D eigenvalue weighted by atomic mass is 15.1. The van der Waals surface area contributed by atoms with Crippen LogP contribution < -0.4 is 9.80 Å². The molecule has 0 aromatic heterocycles. The van der Waals surface area contributed by atoms with Crippen LogP contribution in [0.4, 0.5) is 11.4 Å². The Hall–Kier alpha value is -1.96. The number of benzene rings is 2. The average Bonchev–Trinajstić information content (AvgIpc) is 2.61. The predicted molar refractivity (Wildman–Crippen MR) is 112 cm³/mol. The van der Waals surface area contributed by atoms with Crippen LogP contribution in [0.15, 0.2) is 36.4 Å². The van der Waals surface area contributed by atoms with E-state index in [9.17, 15) is 0 Å². The van der Waals surface area contributed by atoms with Crippen molar-refractivity contribution in [3.8, 4) is 0 Å². The Bertz CT molecular complexity index is 623. The van der Waals surface area contributed by atoms with E-state index in [1.54, 1.807) is 0 Å². The van der Waals surface area contributed by atoms with E-state index in [-0.39, 0.29) is 0 Å². The van der Waals surface area contributed by atoms with Crippen LogP contribution in [-0.4, -0.2) is 26.2 Å². The minimum absolute atomic E-state index is 1.01. The molecule has 0 aliphatic heterocycles. The molecule has 2 heteroatoms. The molecule has 0 saturated heterocycles. The molecule has 0 atom stereocenters. The van der Waals surface area contributed by atoms with Gasteiger partial charge >= 0.3 is 0 Å². The van der Waals surface area contributed by atoms with Crippen LogP contribution in [0.2, 0.25) is 0 Å². The Kier molecular flexibility index (Phi) is 6.92. The van der Waals surface area contributed by atoms with E-state index in [1.807, 2.05) is 0 Å². The second kappa shape index (κ2) is 8.94. The summed E-state index contributed by atoms with van der Waals surface area (Å²) in [5.41, 5.74) is 8.29. The summed E-state index contributed by atoms with van der Waals surface area (Å²) in [4.78, 5) is 4.81. The molecule has 0 aliphatic carbocycles. The van der Waals surface area contributed by atoms with E-state index in [1.165, 1.54) is 33.6 Å². The van der Waals surface area contributed by atoms with Gasteiger partial charge in [0.25, 0.3) is 0 Å². The lowest BCUT2D eigenvalue weighted by Crippen LogP contribution is -2.22. The van der Waals surface area contributed by atoms with Gasteiger partial charge in [0.05, 0.1) is 0 Å². The fraction of sp³-hybridized carbons (Fsp3) is 0.478. The summed E-state index contributed by atoms with van der Waals surface area (Å²) in [5.74, 6) is 0. The number of aryl methyl sites for hydroxylation is 2. The Labute approximate surface area is 154 Å². The van der Waals surface area contributed by atoms with E-state index >= 15 is 0 Å². The minimum Gasteiger partial charge on any atom is -0.372 e. The molecule has 0 heterocycles. The van der Waals surface area contributed by atoms with E-state index in [4.69, 9.17) is 0 Å². The van der Waals surface area contributed by atoms with Gasteiger partial charge in [-0.15, -0.1) is 0 Å². The third-order valence-electron chi connectivity index (χ3n) is 5.29. The van der Waals surface area contributed by atoms with Crippen molar-refractivity contribution in [1.82, 2.24) is 0 Å². The highest BCUT2D eigenvalue weighted by Gasteiger charge is 2.09. The first-order valence-electron chi connectivity index (χ1n) is 9.72. The quantitative estimate of drug-likeness (QED) is 0.619. The van der Waals surface area contributed by atoms with Crippen LogP contribution in [-0.2, 0) is 6.42 Å². The van der Waals surface area contributed by atoms with Gasteiger partial charge in [-0.25, -0.2) is 0 Å². The zero-order chi connectivity index (χ0) is 18.4. The highest BCUT2D eigenvalue weighted by molar-refractivity contribution is 5.54. The molecule has 0 radical (unpaired) electrons. The number of nitrogens with zero attached hydrogens (tertiary/aromatic N) is 2. The standard InChI is InChI=1S/C23H34N2/c1-7-24(8-2)22-13-11-20(18(5)15-22)17-21-12-14-23(16-19(21)6)25(9-3)10-4/h11-16H,7-10,17H2,1-6H3. The first-order chi connectivity index (χ1) is 12.0. The van der Waals surface area contributed by atoms with Gasteiger partial charge < -0.3 is 9.80 Å². The summed E-state index contributed by atoms with van der Waals surface area (Å²) < 4.78 is 0. The van der Waals surface area contributed by atoms with Crippen LogP contribution in [0.25, 0.3) is 0 Å². The highest BCUT2D eigenvalue weighted by Crippen LogP contribution is 2.25. The molecule has 136 valence electrons. The van der Waals surface area contributed by atoms with Crippen LogP contribution in [0, 0.1) is 13.8 Å². The lowest BCUT2D eigenvalue weighted by molar-refractivity contribution is 0.863. The summed E-state index contributed by atoms with van der Waals surface area (Å²) in [6, 6.07) is 13.8. The molecular weight excluding hydrogens is 304 g/mol. The van der Waals surface area contributed by atoms with Crippen molar-refractivity contribution < 1.29 is 0 Å². The molecule has 0 unspecified atom stereocenters. The minimum atomic E-state index is 1.01. The third kappa shape index (κ3) is 4.56. The number of hydrogen-bond acceptors (Lipinski definition) is 2. The summed E-state index contributed by atoms with van der Waals surface area (Å²) in [5, 5.41) is 0. The molecule has 0 spiro atoms. The molecule has 0 N–H and O–H groups in total. The molecule has 0 aliphatic rings. The van der Waals surface area contributed by atoms with Crippen molar-refractivity contribution in [3.63, 3.8) is 0 Å². The number of hydrogen-bond donors (Lipinski definition) is 0. The predicted octanol–water partition coefficient (Wildman–Crippen LogP) is 5.59. The van der Waals surface area contributed by atoms with Crippen LogP contribution in [0.1, 0.15) is 49.9 Å². The van der Waals surface area contributed by atoms with Gasteiger partial charge in [0.15, 0.2) is 0 Å². The van der Waals surface area contributed by atoms with Gasteiger partial charge in [0.2, 0.25) is 0 Å². The largest absolute Gasteiger partial charge is 0.372 e. The maximum Gasteiger partial charge on any atom is 0.0368 e. The normalized spacial score (nSPS) is 10.8.